The highest BCUT2D eigenvalue weighted by molar-refractivity contribution is 7.09. The van der Waals surface area contributed by atoms with E-state index >= 15 is 0 Å². The second-order valence-electron chi connectivity index (χ2n) is 15.5. The molecule has 0 aliphatic heterocycles. The second-order valence-corrected chi connectivity index (χ2v) is 16.3. The maximum atomic E-state index is 14.3. The van der Waals surface area contributed by atoms with Crippen molar-refractivity contribution in [3.8, 4) is 11.1 Å². The molecule has 0 saturated carbocycles. The number of methoxy groups -OCH3 is 1. The molecule has 1 aromatic heterocycles. The van der Waals surface area contributed by atoms with Crippen LogP contribution < -0.4 is 10.6 Å². The fourth-order valence-electron chi connectivity index (χ4n) is 7.65. The molecule has 1 heterocycles. The van der Waals surface area contributed by atoms with Crippen LogP contribution >= 0.6 is 11.3 Å². The first kappa shape index (κ1) is 43.1. The molecule has 0 spiro atoms. The molecule has 0 radical (unpaired) electrons. The number of benzene rings is 3. The number of hydrogen-bond acceptors (Lipinski definition) is 8. The van der Waals surface area contributed by atoms with E-state index in [1.165, 1.54) is 11.3 Å². The summed E-state index contributed by atoms with van der Waals surface area (Å²) in [5.41, 5.74) is 5.70. The molecular weight excluding hydrogens is 741 g/mol. The highest BCUT2D eigenvalue weighted by atomic mass is 32.1. The monoisotopic (exact) mass is 796 g/mol. The fraction of sp³-hybridized carbons (Fsp3) is 0.444. The molecule has 57 heavy (non-hydrogen) atoms. The molecule has 0 bridgehead atoms. The van der Waals surface area contributed by atoms with Gasteiger partial charge in [0.25, 0.3) is 5.91 Å². The van der Waals surface area contributed by atoms with Gasteiger partial charge in [-0.25, -0.2) is 9.78 Å². The number of aliphatic carboxylic acids is 1. The summed E-state index contributed by atoms with van der Waals surface area (Å²) in [5, 5.41) is 17.7. The number of nitrogens with zero attached hydrogens (tertiary/aromatic N) is 2. The molecule has 0 fully saturated rings. The largest absolute Gasteiger partial charge is 0.481 e. The van der Waals surface area contributed by atoms with E-state index in [1.807, 2.05) is 82.3 Å². The molecule has 1 aliphatic rings. The number of fused-ring (bicyclic) bond motifs is 3. The third-order valence-corrected chi connectivity index (χ3v) is 12.1. The third kappa shape index (κ3) is 10.7. The van der Waals surface area contributed by atoms with Gasteiger partial charge < -0.3 is 30.1 Å². The molecule has 12 heteroatoms. The van der Waals surface area contributed by atoms with Crippen LogP contribution in [0.15, 0.2) is 84.2 Å². The zero-order valence-corrected chi connectivity index (χ0v) is 34.8. The van der Waals surface area contributed by atoms with Crippen LogP contribution in [-0.2, 0) is 25.5 Å². The van der Waals surface area contributed by atoms with Gasteiger partial charge in [0.15, 0.2) is 0 Å². The van der Waals surface area contributed by atoms with E-state index in [2.05, 4.69) is 39.9 Å². The molecule has 6 atom stereocenters. The summed E-state index contributed by atoms with van der Waals surface area (Å²) in [5.74, 6) is -2.46. The molecule has 4 aromatic rings. The number of ether oxygens (including phenoxy) is 2. The minimum Gasteiger partial charge on any atom is -0.481 e. The van der Waals surface area contributed by atoms with E-state index in [0.29, 0.717) is 24.3 Å². The second kappa shape index (κ2) is 19.9. The zero-order chi connectivity index (χ0) is 41.2. The van der Waals surface area contributed by atoms with Gasteiger partial charge in [-0.2, -0.15) is 0 Å². The minimum absolute atomic E-state index is 0.0151. The number of carboxylic acids is 1. The van der Waals surface area contributed by atoms with Crippen molar-refractivity contribution >= 4 is 35.2 Å². The van der Waals surface area contributed by atoms with E-state index in [-0.39, 0.29) is 48.4 Å². The lowest BCUT2D eigenvalue weighted by Crippen LogP contribution is -2.54. The number of rotatable bonds is 19. The van der Waals surface area contributed by atoms with Crippen molar-refractivity contribution in [1.29, 1.82) is 0 Å². The number of alkyl carbamates (subject to hydrolysis) is 1. The van der Waals surface area contributed by atoms with Crippen molar-refractivity contribution in [3.05, 3.63) is 112 Å². The van der Waals surface area contributed by atoms with E-state index in [4.69, 9.17) is 9.47 Å². The van der Waals surface area contributed by atoms with Crippen LogP contribution in [0, 0.1) is 17.8 Å². The smallest absolute Gasteiger partial charge is 0.407 e. The number of nitrogens with one attached hydrogen (secondary N) is 2. The lowest BCUT2D eigenvalue weighted by Gasteiger charge is -2.36. The number of aromatic nitrogens is 1. The summed E-state index contributed by atoms with van der Waals surface area (Å²) >= 11 is 1.30. The number of carboxylic acid groups (broad SMARTS) is 1. The van der Waals surface area contributed by atoms with Gasteiger partial charge in [-0.1, -0.05) is 120 Å². The van der Waals surface area contributed by atoms with E-state index < -0.39 is 42.1 Å². The van der Waals surface area contributed by atoms with Crippen LogP contribution in [0.3, 0.4) is 0 Å². The lowest BCUT2D eigenvalue weighted by molar-refractivity contribution is -0.141. The third-order valence-electron chi connectivity index (χ3n) is 11.2. The molecular formula is C45H56N4O7S. The van der Waals surface area contributed by atoms with Crippen molar-refractivity contribution in [2.24, 2.45) is 17.8 Å². The summed E-state index contributed by atoms with van der Waals surface area (Å²) in [7, 11) is 3.33. The molecule has 5 rings (SSSR count). The van der Waals surface area contributed by atoms with Crippen molar-refractivity contribution in [3.63, 3.8) is 0 Å². The normalized spacial score (nSPS) is 15.4. The van der Waals surface area contributed by atoms with Crippen LogP contribution in [0.4, 0.5) is 4.79 Å². The quantitative estimate of drug-likeness (QED) is 0.0863. The first-order valence-corrected chi connectivity index (χ1v) is 20.6. The Labute approximate surface area is 340 Å². The summed E-state index contributed by atoms with van der Waals surface area (Å²) in [4.78, 5) is 59.2. The number of amides is 3. The Balaban J connectivity index is 1.24. The Morgan fingerprint density at radius 2 is 1.49 bits per heavy atom. The fourth-order valence-corrected chi connectivity index (χ4v) is 8.53. The Morgan fingerprint density at radius 3 is 2.07 bits per heavy atom. The predicted octanol–water partition coefficient (Wildman–Crippen LogP) is 8.11. The first-order chi connectivity index (χ1) is 27.3. The van der Waals surface area contributed by atoms with Gasteiger partial charge >= 0.3 is 12.1 Å². The standard InChI is InChI=1S/C45H56N4O7S/c1-8-28(4)40(48-45(54)56-25-36-34-20-14-12-18-32(34)33-19-13-15-21-35(33)36)43(51)49(6)38(27(2)3)24-39(55-7)42-47-37(26-57-42)41(50)46-31(22-29(5)44(52)53)23-30-16-10-9-11-17-30/h9-21,26-29,31,36,38-40H,8,22-25H2,1-7H3,(H,46,50)(H,48,54)(H,52,53)/t28-,29?,31?,38+,39+,40-/m0/s1. The molecule has 0 saturated heterocycles. The highest BCUT2D eigenvalue weighted by Crippen LogP contribution is 2.44. The Hall–Kier alpha value is -5.07. The van der Waals surface area contributed by atoms with Gasteiger partial charge in [0.1, 0.15) is 29.5 Å². The van der Waals surface area contributed by atoms with Gasteiger partial charge in [0.05, 0.1) is 5.92 Å². The number of carbonyl (C=O) groups is 4. The summed E-state index contributed by atoms with van der Waals surface area (Å²) in [6.07, 6.45) is 0.631. The molecule has 3 N–H and O–H groups in total. The highest BCUT2D eigenvalue weighted by Gasteiger charge is 2.36. The maximum absolute atomic E-state index is 14.3. The van der Waals surface area contributed by atoms with Gasteiger partial charge in [-0.15, -0.1) is 11.3 Å². The van der Waals surface area contributed by atoms with Crippen LogP contribution in [0.2, 0.25) is 0 Å². The Bertz CT molecular complexity index is 1940. The average Bonchev–Trinajstić information content (AvgIpc) is 3.82. The lowest BCUT2D eigenvalue weighted by atomic mass is 9.93. The molecule has 3 amide bonds. The van der Waals surface area contributed by atoms with Crippen LogP contribution in [-0.4, -0.2) is 77.8 Å². The molecule has 2 unspecified atom stereocenters. The van der Waals surface area contributed by atoms with Crippen LogP contribution in [0.25, 0.3) is 11.1 Å². The Kier molecular flexibility index (Phi) is 15.0. The van der Waals surface area contributed by atoms with Gasteiger partial charge in [-0.05, 0) is 52.5 Å². The van der Waals surface area contributed by atoms with E-state index in [0.717, 1.165) is 27.8 Å². The van der Waals surface area contributed by atoms with E-state index in [9.17, 15) is 24.3 Å². The van der Waals surface area contributed by atoms with Gasteiger partial charge in [0, 0.05) is 44.0 Å². The topological polar surface area (TPSA) is 147 Å². The SMILES string of the molecule is CC[C@H](C)[C@H](NC(=O)OCC1c2ccccc2-c2ccccc21)C(=O)N(C)[C@H](C[C@@H](OC)c1nc(C(=O)NC(Cc2ccccc2)CC(C)C(=O)O)cs1)C(C)C. The van der Waals surface area contributed by atoms with Crippen molar-refractivity contribution < 1.29 is 33.8 Å². The molecule has 1 aliphatic carbocycles. The van der Waals surface area contributed by atoms with Gasteiger partial charge in [-0.3, -0.25) is 14.4 Å². The Morgan fingerprint density at radius 1 is 0.877 bits per heavy atom. The van der Waals surface area contributed by atoms with Crippen LogP contribution in [0.5, 0.6) is 0 Å². The average molecular weight is 797 g/mol. The summed E-state index contributed by atoms with van der Waals surface area (Å²) in [6.45, 7) is 9.76. The van der Waals surface area contributed by atoms with Crippen molar-refractivity contribution in [2.45, 2.75) is 90.4 Å². The van der Waals surface area contributed by atoms with Crippen LogP contribution in [0.1, 0.15) is 98.1 Å². The molecule has 3 aromatic carbocycles. The number of hydrogen-bond donors (Lipinski definition) is 3. The summed E-state index contributed by atoms with van der Waals surface area (Å²) in [6, 6.07) is 24.4. The predicted molar refractivity (Wildman–Crippen MR) is 222 cm³/mol. The van der Waals surface area contributed by atoms with Crippen molar-refractivity contribution in [2.75, 3.05) is 20.8 Å². The van der Waals surface area contributed by atoms with Crippen molar-refractivity contribution in [1.82, 2.24) is 20.5 Å². The minimum atomic E-state index is -0.923. The number of thiazole rings is 1. The first-order valence-electron chi connectivity index (χ1n) is 19.8. The molecule has 304 valence electrons. The van der Waals surface area contributed by atoms with Gasteiger partial charge in [0.2, 0.25) is 5.91 Å². The number of carbonyl (C=O) groups excluding carboxylic acids is 3. The maximum Gasteiger partial charge on any atom is 0.407 e. The summed E-state index contributed by atoms with van der Waals surface area (Å²) < 4.78 is 11.8. The van der Waals surface area contributed by atoms with E-state index in [1.54, 1.807) is 31.4 Å². The number of likely N-dealkylation sites (N-methyl/N-ethyl adjacent to an activating group) is 1. The zero-order valence-electron chi connectivity index (χ0n) is 33.9. The molecule has 11 nitrogen and oxygen atoms in total.